The maximum atomic E-state index is 9.95. The fourth-order valence-electron chi connectivity index (χ4n) is 1.32. The Kier molecular flexibility index (Phi) is 2.81. The molecule has 1 heterocycles. The SMILES string of the molecule is CCc1cc(C(O)C(C)(C)C)c[nH]1. The molecule has 2 N–H and O–H groups in total. The number of aliphatic hydroxyl groups is 1. The van der Waals surface area contributed by atoms with Gasteiger partial charge in [0.1, 0.15) is 0 Å². The molecular weight excluding hydrogens is 162 g/mol. The third-order valence-electron chi connectivity index (χ3n) is 2.28. The average molecular weight is 181 g/mol. The number of aliphatic hydroxyl groups excluding tert-OH is 1. The first-order valence-electron chi connectivity index (χ1n) is 4.80. The fourth-order valence-corrected chi connectivity index (χ4v) is 1.32. The third kappa shape index (κ3) is 2.34. The van der Waals surface area contributed by atoms with Gasteiger partial charge in [0.2, 0.25) is 0 Å². The lowest BCUT2D eigenvalue weighted by Crippen LogP contribution is -2.17. The van der Waals surface area contributed by atoms with Gasteiger partial charge in [-0.3, -0.25) is 0 Å². The van der Waals surface area contributed by atoms with Crippen LogP contribution in [0.15, 0.2) is 12.3 Å². The van der Waals surface area contributed by atoms with E-state index in [1.54, 1.807) is 0 Å². The molecule has 0 fully saturated rings. The number of aryl methyl sites for hydroxylation is 1. The quantitative estimate of drug-likeness (QED) is 0.723. The molecule has 1 atom stereocenters. The second-order valence-corrected chi connectivity index (χ2v) is 4.58. The molecule has 1 aromatic heterocycles. The monoisotopic (exact) mass is 181 g/mol. The molecule has 0 spiro atoms. The highest BCUT2D eigenvalue weighted by molar-refractivity contribution is 5.20. The lowest BCUT2D eigenvalue weighted by atomic mass is 9.86. The zero-order valence-electron chi connectivity index (χ0n) is 8.89. The Balaban J connectivity index is 2.83. The summed E-state index contributed by atoms with van der Waals surface area (Å²) in [5, 5.41) is 9.95. The number of aromatic nitrogens is 1. The number of hydrogen-bond acceptors (Lipinski definition) is 1. The summed E-state index contributed by atoms with van der Waals surface area (Å²) in [6.45, 7) is 8.21. The number of nitrogens with one attached hydrogen (secondary N) is 1. The van der Waals surface area contributed by atoms with Crippen molar-refractivity contribution in [1.29, 1.82) is 0 Å². The van der Waals surface area contributed by atoms with Gasteiger partial charge in [-0.25, -0.2) is 0 Å². The van der Waals surface area contributed by atoms with Crippen molar-refractivity contribution in [2.45, 2.75) is 40.2 Å². The van der Waals surface area contributed by atoms with Gasteiger partial charge < -0.3 is 10.1 Å². The number of rotatable bonds is 2. The summed E-state index contributed by atoms with van der Waals surface area (Å²) >= 11 is 0. The summed E-state index contributed by atoms with van der Waals surface area (Å²) in [5.74, 6) is 0. The molecule has 2 nitrogen and oxygen atoms in total. The van der Waals surface area contributed by atoms with Crippen molar-refractivity contribution in [2.75, 3.05) is 0 Å². The van der Waals surface area contributed by atoms with Gasteiger partial charge in [0.15, 0.2) is 0 Å². The van der Waals surface area contributed by atoms with Crippen LogP contribution in [0, 0.1) is 5.41 Å². The van der Waals surface area contributed by atoms with Crippen LogP contribution in [0.4, 0.5) is 0 Å². The van der Waals surface area contributed by atoms with Crippen LogP contribution in [0.1, 0.15) is 45.1 Å². The van der Waals surface area contributed by atoms with Crippen LogP contribution in [0.3, 0.4) is 0 Å². The van der Waals surface area contributed by atoms with E-state index in [1.165, 1.54) is 5.69 Å². The Hall–Kier alpha value is -0.760. The van der Waals surface area contributed by atoms with Gasteiger partial charge in [0, 0.05) is 11.9 Å². The topological polar surface area (TPSA) is 36.0 Å². The first-order chi connectivity index (χ1) is 5.95. The number of hydrogen-bond donors (Lipinski definition) is 2. The Morgan fingerprint density at radius 3 is 2.46 bits per heavy atom. The lowest BCUT2D eigenvalue weighted by Gasteiger charge is -2.24. The van der Waals surface area contributed by atoms with Crippen LogP contribution in [0.2, 0.25) is 0 Å². The Morgan fingerprint density at radius 1 is 1.46 bits per heavy atom. The lowest BCUT2D eigenvalue weighted by molar-refractivity contribution is 0.0628. The highest BCUT2D eigenvalue weighted by Crippen LogP contribution is 2.32. The molecular formula is C11H19NO. The molecule has 13 heavy (non-hydrogen) atoms. The van der Waals surface area contributed by atoms with Crippen LogP contribution in [0.5, 0.6) is 0 Å². The summed E-state index contributed by atoms with van der Waals surface area (Å²) in [7, 11) is 0. The van der Waals surface area contributed by atoms with E-state index in [2.05, 4.69) is 11.9 Å². The van der Waals surface area contributed by atoms with Gasteiger partial charge in [-0.1, -0.05) is 27.7 Å². The predicted octanol–water partition coefficient (Wildman–Crippen LogP) is 2.66. The van der Waals surface area contributed by atoms with E-state index >= 15 is 0 Å². The summed E-state index contributed by atoms with van der Waals surface area (Å²) in [6.07, 6.45) is 2.50. The van der Waals surface area contributed by atoms with E-state index in [1.807, 2.05) is 33.0 Å². The first-order valence-corrected chi connectivity index (χ1v) is 4.80. The van der Waals surface area contributed by atoms with E-state index in [0.717, 1.165) is 12.0 Å². The van der Waals surface area contributed by atoms with Crippen LogP contribution in [0.25, 0.3) is 0 Å². The summed E-state index contributed by atoms with van der Waals surface area (Å²) in [4.78, 5) is 3.15. The number of H-pyrrole nitrogens is 1. The molecule has 1 aromatic rings. The standard InChI is InChI=1S/C11H19NO/c1-5-9-6-8(7-12-9)10(13)11(2,3)4/h6-7,10,12-13H,5H2,1-4H3. The van der Waals surface area contributed by atoms with Gasteiger partial charge in [-0.05, 0) is 23.5 Å². The molecule has 1 unspecified atom stereocenters. The minimum atomic E-state index is -0.385. The summed E-state index contributed by atoms with van der Waals surface area (Å²) in [5.41, 5.74) is 2.08. The smallest absolute Gasteiger partial charge is 0.0852 e. The third-order valence-corrected chi connectivity index (χ3v) is 2.28. The minimum absolute atomic E-state index is 0.0901. The maximum Gasteiger partial charge on any atom is 0.0852 e. The van der Waals surface area contributed by atoms with E-state index in [-0.39, 0.29) is 11.5 Å². The van der Waals surface area contributed by atoms with E-state index in [0.29, 0.717) is 0 Å². The van der Waals surface area contributed by atoms with E-state index in [4.69, 9.17) is 0 Å². The summed E-state index contributed by atoms with van der Waals surface area (Å²) < 4.78 is 0. The summed E-state index contributed by atoms with van der Waals surface area (Å²) in [6, 6.07) is 2.04. The van der Waals surface area contributed by atoms with Gasteiger partial charge in [-0.15, -0.1) is 0 Å². The second kappa shape index (κ2) is 3.54. The molecule has 2 heteroatoms. The Labute approximate surface area is 80.0 Å². The molecule has 0 bridgehead atoms. The van der Waals surface area contributed by atoms with Crippen molar-refractivity contribution in [3.05, 3.63) is 23.5 Å². The van der Waals surface area contributed by atoms with E-state index in [9.17, 15) is 5.11 Å². The predicted molar refractivity (Wildman–Crippen MR) is 54.6 cm³/mol. The Bertz CT molecular complexity index is 270. The maximum absolute atomic E-state index is 9.95. The molecule has 0 saturated carbocycles. The van der Waals surface area contributed by atoms with Crippen LogP contribution in [-0.4, -0.2) is 10.1 Å². The highest BCUT2D eigenvalue weighted by Gasteiger charge is 2.24. The van der Waals surface area contributed by atoms with Gasteiger partial charge in [-0.2, -0.15) is 0 Å². The van der Waals surface area contributed by atoms with Crippen molar-refractivity contribution in [1.82, 2.24) is 4.98 Å². The second-order valence-electron chi connectivity index (χ2n) is 4.58. The van der Waals surface area contributed by atoms with Crippen molar-refractivity contribution in [2.24, 2.45) is 5.41 Å². The van der Waals surface area contributed by atoms with Gasteiger partial charge >= 0.3 is 0 Å². The fraction of sp³-hybridized carbons (Fsp3) is 0.636. The largest absolute Gasteiger partial charge is 0.388 e. The van der Waals surface area contributed by atoms with E-state index < -0.39 is 0 Å². The van der Waals surface area contributed by atoms with Gasteiger partial charge in [0.25, 0.3) is 0 Å². The zero-order chi connectivity index (χ0) is 10.1. The van der Waals surface area contributed by atoms with Crippen molar-refractivity contribution < 1.29 is 5.11 Å². The Morgan fingerprint density at radius 2 is 2.08 bits per heavy atom. The van der Waals surface area contributed by atoms with Crippen LogP contribution in [-0.2, 0) is 6.42 Å². The normalized spacial score (nSPS) is 14.5. The molecule has 0 aliphatic carbocycles. The number of aromatic amines is 1. The van der Waals surface area contributed by atoms with Crippen molar-refractivity contribution in [3.63, 3.8) is 0 Å². The molecule has 0 aliphatic heterocycles. The molecule has 0 saturated heterocycles. The van der Waals surface area contributed by atoms with Crippen molar-refractivity contribution >= 4 is 0 Å². The molecule has 0 aromatic carbocycles. The molecule has 0 aliphatic rings. The minimum Gasteiger partial charge on any atom is -0.388 e. The van der Waals surface area contributed by atoms with Crippen molar-refractivity contribution in [3.8, 4) is 0 Å². The molecule has 0 amide bonds. The first kappa shape index (κ1) is 10.3. The van der Waals surface area contributed by atoms with Crippen LogP contribution >= 0.6 is 0 Å². The average Bonchev–Trinajstić information content (AvgIpc) is 2.48. The van der Waals surface area contributed by atoms with Gasteiger partial charge in [0.05, 0.1) is 6.10 Å². The zero-order valence-corrected chi connectivity index (χ0v) is 8.89. The molecule has 0 radical (unpaired) electrons. The highest BCUT2D eigenvalue weighted by atomic mass is 16.3. The molecule has 74 valence electrons. The molecule has 1 rings (SSSR count). The van der Waals surface area contributed by atoms with Crippen LogP contribution < -0.4 is 0 Å².